The molecule has 2 aromatic rings. The Bertz CT molecular complexity index is 988. The van der Waals surface area contributed by atoms with Crippen molar-refractivity contribution in [3.8, 4) is 0 Å². The van der Waals surface area contributed by atoms with Crippen molar-refractivity contribution < 1.29 is 33.8 Å². The first-order valence-corrected chi connectivity index (χ1v) is 9.68. The number of amides is 1. The van der Waals surface area contributed by atoms with E-state index in [1.165, 1.54) is 18.2 Å². The summed E-state index contributed by atoms with van der Waals surface area (Å²) in [5, 5.41) is 11.1. The minimum absolute atomic E-state index is 0.00227. The Balaban J connectivity index is 2.04. The van der Waals surface area contributed by atoms with Gasteiger partial charge >= 0.3 is 12.1 Å². The summed E-state index contributed by atoms with van der Waals surface area (Å²) < 4.78 is 4.94. The zero-order chi connectivity index (χ0) is 23.0. The summed E-state index contributed by atoms with van der Waals surface area (Å²) in [6.07, 6.45) is -2.85. The van der Waals surface area contributed by atoms with Gasteiger partial charge in [-0.3, -0.25) is 19.2 Å². The smallest absolute Gasteiger partial charge is 0.408 e. The molecular weight excluding hydrogens is 449 g/mol. The molecule has 2 aromatic carbocycles. The molecule has 0 aliphatic carbocycles. The second kappa shape index (κ2) is 11.2. The van der Waals surface area contributed by atoms with E-state index in [4.69, 9.17) is 33.0 Å². The van der Waals surface area contributed by atoms with Crippen molar-refractivity contribution in [1.29, 1.82) is 0 Å². The highest BCUT2D eigenvalue weighted by atomic mass is 35.5. The number of carboxylic acid groups (broad SMARTS) is 1. The van der Waals surface area contributed by atoms with Gasteiger partial charge in [0, 0.05) is 0 Å². The van der Waals surface area contributed by atoms with Crippen LogP contribution < -0.4 is 5.32 Å². The molecule has 1 atom stereocenters. The Morgan fingerprint density at radius 1 is 0.935 bits per heavy atom. The normalized spacial score (nSPS) is 11.3. The van der Waals surface area contributed by atoms with Crippen LogP contribution in [0.2, 0.25) is 10.0 Å². The minimum atomic E-state index is -1.71. The third-order valence-electron chi connectivity index (χ3n) is 4.04. The van der Waals surface area contributed by atoms with E-state index in [1.807, 2.05) is 0 Å². The lowest BCUT2D eigenvalue weighted by molar-refractivity contribution is -0.142. The number of carbonyl (C=O) groups excluding carboxylic acids is 4. The molecule has 0 radical (unpaired) electrons. The molecule has 0 aliphatic heterocycles. The van der Waals surface area contributed by atoms with Crippen molar-refractivity contribution in [3.63, 3.8) is 0 Å². The van der Waals surface area contributed by atoms with Crippen molar-refractivity contribution >= 4 is 52.6 Å². The molecule has 0 saturated heterocycles. The highest BCUT2D eigenvalue weighted by molar-refractivity contribution is 6.45. The molecule has 8 nitrogen and oxygen atoms in total. The molecule has 0 heterocycles. The van der Waals surface area contributed by atoms with Gasteiger partial charge in [-0.05, 0) is 17.7 Å². The van der Waals surface area contributed by atoms with Gasteiger partial charge in [-0.1, -0.05) is 59.6 Å². The molecule has 2 N–H and O–H groups in total. The molecule has 0 spiro atoms. The number of ketones is 3. The average Bonchev–Trinajstić information content (AvgIpc) is 2.71. The van der Waals surface area contributed by atoms with Crippen LogP contribution in [0.5, 0.6) is 0 Å². The SMILES string of the molecule is O=C(O)C[C@H](NC(=O)OCc1ccccc1)C(=O)C(=O)CC(=O)c1c(Cl)cccc1Cl. The number of Topliss-reactive ketones (excluding diaryl/α,β-unsaturated/α-hetero) is 3. The molecule has 0 bridgehead atoms. The predicted molar refractivity (Wildman–Crippen MR) is 111 cm³/mol. The van der Waals surface area contributed by atoms with Gasteiger partial charge in [0.2, 0.25) is 11.6 Å². The lowest BCUT2D eigenvalue weighted by Crippen LogP contribution is -2.45. The number of aliphatic carboxylic acids is 1. The molecule has 1 amide bonds. The summed E-state index contributed by atoms with van der Waals surface area (Å²) in [4.78, 5) is 60.1. The van der Waals surface area contributed by atoms with Crippen LogP contribution in [-0.4, -0.2) is 40.6 Å². The quantitative estimate of drug-likeness (QED) is 0.312. The maximum Gasteiger partial charge on any atom is 0.408 e. The van der Waals surface area contributed by atoms with Gasteiger partial charge in [-0.15, -0.1) is 0 Å². The molecule has 162 valence electrons. The van der Waals surface area contributed by atoms with Gasteiger partial charge in [0.15, 0.2) is 5.78 Å². The van der Waals surface area contributed by atoms with E-state index >= 15 is 0 Å². The van der Waals surface area contributed by atoms with Gasteiger partial charge in [0.25, 0.3) is 0 Å². The van der Waals surface area contributed by atoms with Gasteiger partial charge in [-0.2, -0.15) is 0 Å². The van der Waals surface area contributed by atoms with E-state index in [0.29, 0.717) is 5.56 Å². The molecule has 0 saturated carbocycles. The molecule has 10 heteroatoms. The van der Waals surface area contributed by atoms with Crippen molar-refractivity contribution in [1.82, 2.24) is 5.32 Å². The summed E-state index contributed by atoms with van der Waals surface area (Å²) in [6, 6.07) is 11.2. The van der Waals surface area contributed by atoms with Crippen LogP contribution in [0.3, 0.4) is 0 Å². The summed E-state index contributed by atoms with van der Waals surface area (Å²) in [5.41, 5.74) is 0.536. The van der Waals surface area contributed by atoms with E-state index in [-0.39, 0.29) is 22.2 Å². The molecule has 0 unspecified atom stereocenters. The molecule has 0 fully saturated rings. The number of alkyl carbamates (subject to hydrolysis) is 1. The van der Waals surface area contributed by atoms with Crippen molar-refractivity contribution in [2.75, 3.05) is 0 Å². The van der Waals surface area contributed by atoms with Crippen molar-refractivity contribution in [3.05, 3.63) is 69.7 Å². The van der Waals surface area contributed by atoms with Crippen LogP contribution >= 0.6 is 23.2 Å². The van der Waals surface area contributed by atoms with Crippen LogP contribution in [0.15, 0.2) is 48.5 Å². The number of halogens is 2. The minimum Gasteiger partial charge on any atom is -0.481 e. The topological polar surface area (TPSA) is 127 Å². The third-order valence-corrected chi connectivity index (χ3v) is 4.67. The molecule has 0 aliphatic rings. The Hall–Kier alpha value is -3.23. The number of ether oxygens (including phenoxy) is 1. The number of benzene rings is 2. The standard InChI is InChI=1S/C21H17Cl2NO7/c22-13-7-4-8-14(23)19(13)16(25)10-17(26)20(29)15(9-18(27)28)24-21(30)31-11-12-5-2-1-3-6-12/h1-8,15H,9-11H2,(H,24,30)(H,27,28)/t15-/m0/s1. The van der Waals surface area contributed by atoms with E-state index < -0.39 is 48.3 Å². The second-order valence-electron chi connectivity index (χ2n) is 6.34. The lowest BCUT2D eigenvalue weighted by Gasteiger charge is -2.15. The van der Waals surface area contributed by atoms with Gasteiger partial charge < -0.3 is 15.2 Å². The first-order valence-electron chi connectivity index (χ1n) is 8.92. The maximum atomic E-state index is 12.4. The number of hydrogen-bond donors (Lipinski definition) is 2. The average molecular weight is 466 g/mol. The van der Waals surface area contributed by atoms with Gasteiger partial charge in [0.05, 0.1) is 28.5 Å². The summed E-state index contributed by atoms with van der Waals surface area (Å²) in [6.45, 7) is -0.127. The van der Waals surface area contributed by atoms with E-state index in [9.17, 15) is 24.0 Å². The second-order valence-corrected chi connectivity index (χ2v) is 7.15. The van der Waals surface area contributed by atoms with E-state index in [2.05, 4.69) is 5.32 Å². The van der Waals surface area contributed by atoms with Gasteiger partial charge in [0.1, 0.15) is 12.6 Å². The Morgan fingerprint density at radius 3 is 2.13 bits per heavy atom. The highest BCUT2D eigenvalue weighted by Gasteiger charge is 2.31. The number of carbonyl (C=O) groups is 5. The number of hydrogen-bond acceptors (Lipinski definition) is 6. The first-order chi connectivity index (χ1) is 14.7. The van der Waals surface area contributed by atoms with Crippen LogP contribution in [0.1, 0.15) is 28.8 Å². The Morgan fingerprint density at radius 2 is 1.55 bits per heavy atom. The Kier molecular flexibility index (Phi) is 8.72. The van der Waals surface area contributed by atoms with Crippen LogP contribution in [0.4, 0.5) is 4.79 Å². The zero-order valence-corrected chi connectivity index (χ0v) is 17.5. The predicted octanol–water partition coefficient (Wildman–Crippen LogP) is 3.47. The van der Waals surface area contributed by atoms with Gasteiger partial charge in [-0.25, -0.2) is 4.79 Å². The monoisotopic (exact) mass is 465 g/mol. The number of nitrogens with one attached hydrogen (secondary N) is 1. The fourth-order valence-corrected chi connectivity index (χ4v) is 3.18. The first kappa shape index (κ1) is 24.0. The van der Waals surface area contributed by atoms with Crippen LogP contribution in [0.25, 0.3) is 0 Å². The molecule has 2 rings (SSSR count). The number of carboxylic acids is 1. The molecule has 0 aromatic heterocycles. The fourth-order valence-electron chi connectivity index (χ4n) is 2.57. The number of rotatable bonds is 10. The summed E-state index contributed by atoms with van der Waals surface area (Å²) in [7, 11) is 0. The largest absolute Gasteiger partial charge is 0.481 e. The van der Waals surface area contributed by atoms with E-state index in [1.54, 1.807) is 30.3 Å². The highest BCUT2D eigenvalue weighted by Crippen LogP contribution is 2.25. The van der Waals surface area contributed by atoms with Crippen molar-refractivity contribution in [2.24, 2.45) is 0 Å². The lowest BCUT2D eigenvalue weighted by atomic mass is 9.99. The van der Waals surface area contributed by atoms with Crippen LogP contribution in [-0.2, 0) is 25.7 Å². The maximum absolute atomic E-state index is 12.4. The van der Waals surface area contributed by atoms with E-state index in [0.717, 1.165) is 0 Å². The van der Waals surface area contributed by atoms with Crippen LogP contribution in [0, 0.1) is 0 Å². The zero-order valence-electron chi connectivity index (χ0n) is 16.0. The Labute approximate surface area is 187 Å². The van der Waals surface area contributed by atoms with Crippen molar-refractivity contribution in [2.45, 2.75) is 25.5 Å². The fraction of sp³-hybridized carbons (Fsp3) is 0.190. The molecule has 31 heavy (non-hydrogen) atoms. The summed E-state index contributed by atoms with van der Waals surface area (Å²) in [5.74, 6) is -4.70. The third kappa shape index (κ3) is 7.20. The summed E-state index contributed by atoms with van der Waals surface area (Å²) >= 11 is 11.8. The molecular formula is C21H17Cl2NO7.